The Kier molecular flexibility index (Phi) is 5.20. The van der Waals surface area contributed by atoms with Crippen LogP contribution in [0.3, 0.4) is 0 Å². The zero-order valence-corrected chi connectivity index (χ0v) is 10.5. The molecule has 1 N–H and O–H groups in total. The van der Waals surface area contributed by atoms with Crippen molar-refractivity contribution >= 4 is 15.9 Å². The van der Waals surface area contributed by atoms with Crippen LogP contribution < -0.4 is 5.32 Å². The predicted molar refractivity (Wildman–Crippen MR) is 65.5 cm³/mol. The zero-order chi connectivity index (χ0) is 10.4. The van der Waals surface area contributed by atoms with Crippen LogP contribution in [0.25, 0.3) is 0 Å². The van der Waals surface area contributed by atoms with Gasteiger partial charge in [-0.1, -0.05) is 48.3 Å². The lowest BCUT2D eigenvalue weighted by Gasteiger charge is -2.17. The molecule has 0 aliphatic carbocycles. The van der Waals surface area contributed by atoms with Crippen LogP contribution in [0.4, 0.5) is 0 Å². The molecule has 0 fully saturated rings. The highest BCUT2D eigenvalue weighted by Gasteiger charge is 2.07. The fraction of sp³-hybridized carbons (Fsp3) is 0.500. The van der Waals surface area contributed by atoms with Crippen molar-refractivity contribution in [1.82, 2.24) is 5.32 Å². The van der Waals surface area contributed by atoms with Crippen molar-refractivity contribution in [2.24, 2.45) is 0 Å². The molecule has 0 amide bonds. The van der Waals surface area contributed by atoms with Crippen molar-refractivity contribution in [1.29, 1.82) is 0 Å². The van der Waals surface area contributed by atoms with Gasteiger partial charge in [0.05, 0.1) is 0 Å². The summed E-state index contributed by atoms with van der Waals surface area (Å²) >= 11 is 3.45. The van der Waals surface area contributed by atoms with Gasteiger partial charge < -0.3 is 5.32 Å². The molecule has 0 aromatic heterocycles. The summed E-state index contributed by atoms with van der Waals surface area (Å²) in [7, 11) is 0. The summed E-state index contributed by atoms with van der Waals surface area (Å²) in [5, 5.41) is 3.50. The molecular formula is C12H18BrN. The van der Waals surface area contributed by atoms with Gasteiger partial charge in [-0.25, -0.2) is 0 Å². The van der Waals surface area contributed by atoms with Gasteiger partial charge in [0.25, 0.3) is 0 Å². The van der Waals surface area contributed by atoms with E-state index in [-0.39, 0.29) is 0 Å². The van der Waals surface area contributed by atoms with Crippen molar-refractivity contribution in [3.63, 3.8) is 0 Å². The molecule has 2 heteroatoms. The Labute approximate surface area is 95.0 Å². The number of benzene rings is 1. The minimum absolute atomic E-state index is 0.512. The predicted octanol–water partition coefficient (Wildman–Crippen LogP) is 3.90. The molecule has 14 heavy (non-hydrogen) atoms. The highest BCUT2D eigenvalue weighted by Crippen LogP contribution is 2.20. The highest BCUT2D eigenvalue weighted by atomic mass is 79.9. The third-order valence-corrected chi connectivity index (χ3v) is 2.83. The molecule has 1 aromatic rings. The molecule has 1 aromatic carbocycles. The minimum atomic E-state index is 0.512. The fourth-order valence-corrected chi connectivity index (χ4v) is 1.88. The molecule has 1 atom stereocenters. The normalized spacial score (nSPS) is 12.8. The van der Waals surface area contributed by atoms with Crippen molar-refractivity contribution in [3.05, 3.63) is 34.3 Å². The second-order valence-corrected chi connectivity index (χ2v) is 4.37. The van der Waals surface area contributed by atoms with Crippen LogP contribution in [0.5, 0.6) is 0 Å². The molecule has 1 unspecified atom stereocenters. The molecule has 0 spiro atoms. The highest BCUT2D eigenvalue weighted by molar-refractivity contribution is 9.10. The molecule has 0 heterocycles. The van der Waals surface area contributed by atoms with E-state index in [9.17, 15) is 0 Å². The average molecular weight is 256 g/mol. The molecule has 1 nitrogen and oxygen atoms in total. The first-order valence-electron chi connectivity index (χ1n) is 5.26. The van der Waals surface area contributed by atoms with Gasteiger partial charge in [0.2, 0.25) is 0 Å². The van der Waals surface area contributed by atoms with E-state index in [1.54, 1.807) is 0 Å². The Morgan fingerprint density at radius 2 is 1.86 bits per heavy atom. The zero-order valence-electron chi connectivity index (χ0n) is 8.89. The van der Waals surface area contributed by atoms with Gasteiger partial charge in [-0.3, -0.25) is 0 Å². The molecule has 0 saturated heterocycles. The Morgan fingerprint density at radius 1 is 1.21 bits per heavy atom. The van der Waals surface area contributed by atoms with E-state index in [1.807, 2.05) is 0 Å². The summed E-state index contributed by atoms with van der Waals surface area (Å²) in [6.45, 7) is 5.41. The maximum atomic E-state index is 3.50. The largest absolute Gasteiger partial charge is 0.310 e. The van der Waals surface area contributed by atoms with Gasteiger partial charge in [-0.15, -0.1) is 0 Å². The molecule has 0 aliphatic heterocycles. The fourth-order valence-electron chi connectivity index (χ4n) is 1.62. The maximum absolute atomic E-state index is 3.50. The lowest BCUT2D eigenvalue weighted by Crippen LogP contribution is -2.20. The smallest absolute Gasteiger partial charge is 0.0320 e. The van der Waals surface area contributed by atoms with Crippen LogP contribution in [0.15, 0.2) is 28.7 Å². The van der Waals surface area contributed by atoms with Gasteiger partial charge in [-0.2, -0.15) is 0 Å². The first-order chi connectivity index (χ1) is 6.77. The monoisotopic (exact) mass is 255 g/mol. The van der Waals surface area contributed by atoms with Crippen LogP contribution in [0.1, 0.15) is 38.3 Å². The van der Waals surface area contributed by atoms with E-state index in [4.69, 9.17) is 0 Å². The lowest BCUT2D eigenvalue weighted by atomic mass is 10.0. The number of halogens is 1. The number of hydrogen-bond donors (Lipinski definition) is 1. The molecular weight excluding hydrogens is 238 g/mol. The quantitative estimate of drug-likeness (QED) is 0.842. The second kappa shape index (κ2) is 6.20. The topological polar surface area (TPSA) is 12.0 Å². The van der Waals surface area contributed by atoms with Crippen LogP contribution in [0.2, 0.25) is 0 Å². The van der Waals surface area contributed by atoms with Crippen molar-refractivity contribution in [2.45, 2.75) is 32.7 Å². The third-order valence-electron chi connectivity index (χ3n) is 2.30. The number of rotatable bonds is 5. The summed E-state index contributed by atoms with van der Waals surface area (Å²) in [5.74, 6) is 0. The molecule has 78 valence electrons. The average Bonchev–Trinajstić information content (AvgIpc) is 2.19. The number of nitrogens with one attached hydrogen (secondary N) is 1. The van der Waals surface area contributed by atoms with Crippen LogP contribution in [-0.2, 0) is 0 Å². The van der Waals surface area contributed by atoms with Gasteiger partial charge >= 0.3 is 0 Å². The minimum Gasteiger partial charge on any atom is -0.310 e. The Balaban J connectivity index is 2.71. The number of hydrogen-bond acceptors (Lipinski definition) is 1. The summed E-state index contributed by atoms with van der Waals surface area (Å²) in [6.07, 6.45) is 2.42. The maximum Gasteiger partial charge on any atom is 0.0320 e. The molecule has 1 rings (SSSR count). The molecule has 0 aliphatic rings. The van der Waals surface area contributed by atoms with Crippen molar-refractivity contribution in [3.8, 4) is 0 Å². The first-order valence-corrected chi connectivity index (χ1v) is 6.06. The van der Waals surface area contributed by atoms with E-state index in [1.165, 1.54) is 18.4 Å². The van der Waals surface area contributed by atoms with Crippen LogP contribution in [-0.4, -0.2) is 6.54 Å². The van der Waals surface area contributed by atoms with Gasteiger partial charge in [0.15, 0.2) is 0 Å². The third kappa shape index (κ3) is 3.43. The molecule has 0 saturated carbocycles. The van der Waals surface area contributed by atoms with Crippen molar-refractivity contribution in [2.75, 3.05) is 6.54 Å². The van der Waals surface area contributed by atoms with Gasteiger partial charge in [0.1, 0.15) is 0 Å². The van der Waals surface area contributed by atoms with E-state index < -0.39 is 0 Å². The lowest BCUT2D eigenvalue weighted by molar-refractivity contribution is 0.509. The first kappa shape index (κ1) is 11.7. The summed E-state index contributed by atoms with van der Waals surface area (Å²) in [4.78, 5) is 0. The second-order valence-electron chi connectivity index (χ2n) is 3.45. The van der Waals surface area contributed by atoms with Crippen molar-refractivity contribution < 1.29 is 0 Å². The summed E-state index contributed by atoms with van der Waals surface area (Å²) in [5.41, 5.74) is 1.39. The SMILES string of the molecule is CCCC(NCC)c1ccc(Br)cc1. The van der Waals surface area contributed by atoms with E-state index in [0.717, 1.165) is 11.0 Å². The summed E-state index contributed by atoms with van der Waals surface area (Å²) < 4.78 is 1.15. The Morgan fingerprint density at radius 3 is 2.36 bits per heavy atom. The van der Waals surface area contributed by atoms with Gasteiger partial charge in [0, 0.05) is 10.5 Å². The van der Waals surface area contributed by atoms with E-state index >= 15 is 0 Å². The summed E-state index contributed by atoms with van der Waals surface area (Å²) in [6, 6.07) is 9.10. The molecule has 0 radical (unpaired) electrons. The van der Waals surface area contributed by atoms with Crippen LogP contribution in [0, 0.1) is 0 Å². The van der Waals surface area contributed by atoms with E-state index in [0.29, 0.717) is 6.04 Å². The van der Waals surface area contributed by atoms with Crippen LogP contribution >= 0.6 is 15.9 Å². The Bertz CT molecular complexity index is 250. The standard InChI is InChI=1S/C12H18BrN/c1-3-5-12(14-4-2)10-6-8-11(13)9-7-10/h6-9,12,14H,3-5H2,1-2H3. The van der Waals surface area contributed by atoms with E-state index in [2.05, 4.69) is 59.4 Å². The van der Waals surface area contributed by atoms with Gasteiger partial charge in [-0.05, 0) is 30.7 Å². The Hall–Kier alpha value is -0.340. The molecule has 0 bridgehead atoms.